The summed E-state index contributed by atoms with van der Waals surface area (Å²) in [4.78, 5) is 12.5. The molecule has 166 valence electrons. The van der Waals surface area contributed by atoms with Crippen LogP contribution in [0.3, 0.4) is 0 Å². The lowest BCUT2D eigenvalue weighted by Crippen LogP contribution is -2.31. The molecule has 6 nitrogen and oxygen atoms in total. The lowest BCUT2D eigenvalue weighted by atomic mass is 10.1. The minimum absolute atomic E-state index is 0.0457. The van der Waals surface area contributed by atoms with Crippen LogP contribution in [0.4, 0.5) is 22.0 Å². The van der Waals surface area contributed by atoms with Gasteiger partial charge in [-0.3, -0.25) is 4.79 Å². The van der Waals surface area contributed by atoms with E-state index < -0.39 is 42.0 Å². The van der Waals surface area contributed by atoms with Gasteiger partial charge in [0.25, 0.3) is 5.91 Å². The summed E-state index contributed by atoms with van der Waals surface area (Å²) >= 11 is 0. The predicted molar refractivity (Wildman–Crippen MR) is 97.2 cm³/mol. The van der Waals surface area contributed by atoms with Crippen molar-refractivity contribution in [1.29, 1.82) is 5.26 Å². The van der Waals surface area contributed by atoms with Crippen LogP contribution in [0, 0.1) is 23.0 Å². The van der Waals surface area contributed by atoms with Gasteiger partial charge in [-0.25, -0.2) is 8.78 Å². The highest BCUT2D eigenvalue weighted by Gasteiger charge is 2.30. The number of methoxy groups -OCH3 is 2. The highest BCUT2D eigenvalue weighted by atomic mass is 19.4. The number of alkyl halides is 3. The van der Waals surface area contributed by atoms with E-state index in [-0.39, 0.29) is 29.2 Å². The summed E-state index contributed by atoms with van der Waals surface area (Å²) in [5, 5.41) is 11.3. The molecule has 0 bridgehead atoms. The predicted octanol–water partition coefficient (Wildman–Crippen LogP) is 3.79. The fraction of sp³-hybridized carbons (Fsp3) is 0.300. The molecule has 0 unspecified atom stereocenters. The van der Waals surface area contributed by atoms with Gasteiger partial charge in [0.05, 0.1) is 24.3 Å². The topological polar surface area (TPSA) is 80.6 Å². The third-order valence-corrected chi connectivity index (χ3v) is 4.06. The zero-order chi connectivity index (χ0) is 23.2. The minimum atomic E-state index is -4.62. The molecule has 0 aliphatic heterocycles. The van der Waals surface area contributed by atoms with Crippen LogP contribution in [0.1, 0.15) is 22.8 Å². The summed E-state index contributed by atoms with van der Waals surface area (Å²) in [5.41, 5.74) is -0.499. The minimum Gasteiger partial charge on any atom is -0.497 e. The van der Waals surface area contributed by atoms with Crippen molar-refractivity contribution in [3.8, 4) is 17.6 Å². The molecule has 2 rings (SSSR count). The maximum Gasteiger partial charge on any atom is 0.422 e. The molecule has 0 aliphatic carbocycles. The van der Waals surface area contributed by atoms with E-state index in [1.807, 2.05) is 0 Å². The van der Waals surface area contributed by atoms with Crippen LogP contribution in [-0.2, 0) is 16.1 Å². The van der Waals surface area contributed by atoms with Crippen LogP contribution in [0.15, 0.2) is 30.3 Å². The molecule has 1 N–H and O–H groups in total. The summed E-state index contributed by atoms with van der Waals surface area (Å²) in [6.45, 7) is -1.96. The van der Waals surface area contributed by atoms with E-state index in [4.69, 9.17) is 19.5 Å². The number of nitrogens with zero attached hydrogens (tertiary/aromatic N) is 1. The highest BCUT2D eigenvalue weighted by Crippen LogP contribution is 2.28. The number of halogens is 5. The number of nitriles is 1. The highest BCUT2D eigenvalue weighted by molar-refractivity contribution is 5.82. The molecule has 0 radical (unpaired) electrons. The zero-order valence-electron chi connectivity index (χ0n) is 16.3. The Hall–Kier alpha value is -3.39. The Balaban J connectivity index is 2.22. The molecular weight excluding hydrogens is 427 g/mol. The Morgan fingerprint density at radius 2 is 1.81 bits per heavy atom. The van der Waals surface area contributed by atoms with Crippen molar-refractivity contribution >= 4 is 5.91 Å². The molecule has 11 heteroatoms. The van der Waals surface area contributed by atoms with E-state index in [0.29, 0.717) is 0 Å². The number of hydrogen-bond acceptors (Lipinski definition) is 5. The van der Waals surface area contributed by atoms with E-state index in [0.717, 1.165) is 25.3 Å². The number of carbonyl (C=O) groups excluding carboxylic acids is 1. The monoisotopic (exact) mass is 444 g/mol. The number of carbonyl (C=O) groups is 1. The van der Waals surface area contributed by atoms with Gasteiger partial charge in [-0.05, 0) is 12.1 Å². The fourth-order valence-corrected chi connectivity index (χ4v) is 2.62. The summed E-state index contributed by atoms with van der Waals surface area (Å²) in [6, 6.07) is 7.22. The molecule has 0 heterocycles. The first-order chi connectivity index (χ1) is 14.6. The smallest absolute Gasteiger partial charge is 0.422 e. The SMILES string of the molecule is COc1cc(F)c([C@H](OC)C(=O)NCc2ccc(C#N)cc2OCC(F)(F)F)c(F)c1. The largest absolute Gasteiger partial charge is 0.497 e. The maximum absolute atomic E-state index is 14.3. The van der Waals surface area contributed by atoms with E-state index in [9.17, 15) is 26.7 Å². The number of hydrogen-bond donors (Lipinski definition) is 1. The van der Waals surface area contributed by atoms with Crippen LogP contribution in [0.2, 0.25) is 0 Å². The first-order valence-electron chi connectivity index (χ1n) is 8.65. The summed E-state index contributed by atoms with van der Waals surface area (Å²) in [7, 11) is 2.28. The van der Waals surface area contributed by atoms with Crippen LogP contribution in [0.5, 0.6) is 11.5 Å². The molecule has 2 aromatic carbocycles. The summed E-state index contributed by atoms with van der Waals surface area (Å²) in [5.74, 6) is -3.47. The third kappa shape index (κ3) is 6.29. The molecule has 0 aromatic heterocycles. The lowest BCUT2D eigenvalue weighted by molar-refractivity contribution is -0.153. The molecule has 1 atom stereocenters. The van der Waals surface area contributed by atoms with Crippen molar-refractivity contribution in [3.05, 3.63) is 58.7 Å². The fourth-order valence-electron chi connectivity index (χ4n) is 2.62. The Morgan fingerprint density at radius 3 is 2.32 bits per heavy atom. The molecule has 1 amide bonds. The number of benzene rings is 2. The maximum atomic E-state index is 14.3. The first-order valence-corrected chi connectivity index (χ1v) is 8.65. The normalized spacial score (nSPS) is 12.1. The Kier molecular flexibility index (Phi) is 7.77. The van der Waals surface area contributed by atoms with Crippen molar-refractivity contribution in [2.24, 2.45) is 0 Å². The van der Waals surface area contributed by atoms with Gasteiger partial charge in [0.2, 0.25) is 0 Å². The quantitative estimate of drug-likeness (QED) is 0.627. The van der Waals surface area contributed by atoms with Crippen molar-refractivity contribution in [2.45, 2.75) is 18.8 Å². The second-order valence-electron chi connectivity index (χ2n) is 6.18. The van der Waals surface area contributed by atoms with Crippen LogP contribution < -0.4 is 14.8 Å². The van der Waals surface area contributed by atoms with Gasteiger partial charge in [-0.15, -0.1) is 0 Å². The Labute approximate surface area is 174 Å². The van der Waals surface area contributed by atoms with Gasteiger partial charge in [0.1, 0.15) is 23.1 Å². The summed E-state index contributed by atoms with van der Waals surface area (Å²) in [6.07, 6.45) is -6.29. The number of rotatable bonds is 8. The van der Waals surface area contributed by atoms with Crippen molar-refractivity contribution in [3.63, 3.8) is 0 Å². The van der Waals surface area contributed by atoms with E-state index in [1.165, 1.54) is 19.2 Å². The van der Waals surface area contributed by atoms with Gasteiger partial charge < -0.3 is 19.5 Å². The van der Waals surface area contributed by atoms with Gasteiger partial charge >= 0.3 is 6.18 Å². The van der Waals surface area contributed by atoms with E-state index >= 15 is 0 Å². The molecule has 0 spiro atoms. The molecule has 31 heavy (non-hydrogen) atoms. The summed E-state index contributed by atoms with van der Waals surface area (Å²) < 4.78 is 80.4. The van der Waals surface area contributed by atoms with Gasteiger partial charge in [-0.1, -0.05) is 6.07 Å². The Bertz CT molecular complexity index is 966. The molecule has 0 saturated heterocycles. The average molecular weight is 444 g/mol. The number of ether oxygens (including phenoxy) is 3. The van der Waals surface area contributed by atoms with Gasteiger partial charge in [0.15, 0.2) is 12.7 Å². The molecule has 0 fully saturated rings. The number of amides is 1. The van der Waals surface area contributed by atoms with E-state index in [2.05, 4.69) is 5.32 Å². The van der Waals surface area contributed by atoms with Gasteiger partial charge in [-0.2, -0.15) is 18.4 Å². The Morgan fingerprint density at radius 1 is 1.16 bits per heavy atom. The molecule has 2 aromatic rings. The average Bonchev–Trinajstić information content (AvgIpc) is 2.72. The first kappa shape index (κ1) is 23.9. The third-order valence-electron chi connectivity index (χ3n) is 4.06. The molecular formula is C20H17F5N2O4. The van der Waals surface area contributed by atoms with Crippen LogP contribution in [0.25, 0.3) is 0 Å². The second-order valence-corrected chi connectivity index (χ2v) is 6.18. The zero-order valence-corrected chi connectivity index (χ0v) is 16.3. The van der Waals surface area contributed by atoms with Crippen molar-refractivity contribution in [1.82, 2.24) is 5.32 Å². The number of nitrogens with one attached hydrogen (secondary N) is 1. The van der Waals surface area contributed by atoms with Crippen LogP contribution in [-0.4, -0.2) is 32.9 Å². The van der Waals surface area contributed by atoms with Gasteiger partial charge in [0, 0.05) is 31.4 Å². The van der Waals surface area contributed by atoms with E-state index in [1.54, 1.807) is 6.07 Å². The van der Waals surface area contributed by atoms with Crippen molar-refractivity contribution < 1.29 is 41.0 Å². The second kappa shape index (κ2) is 10.1. The molecule has 0 aliphatic rings. The van der Waals surface area contributed by atoms with Crippen molar-refractivity contribution in [2.75, 3.05) is 20.8 Å². The standard InChI is InChI=1S/C20H17F5N2O4/c1-29-13-6-14(21)17(15(22)7-13)18(30-2)19(28)27-9-12-4-3-11(8-26)5-16(12)31-10-20(23,24)25/h3-7,18H,9-10H2,1-2H3,(H,27,28)/t18-/m0/s1. The van der Waals surface area contributed by atoms with Crippen LogP contribution >= 0.6 is 0 Å². The molecule has 0 saturated carbocycles. The lowest BCUT2D eigenvalue weighted by Gasteiger charge is -2.19.